The number of carbonyl (C=O) groups is 1. The van der Waals surface area contributed by atoms with Crippen LogP contribution in [0.4, 0.5) is 0 Å². The Morgan fingerprint density at radius 3 is 2.35 bits per heavy atom. The minimum Gasteiger partial charge on any atom is -0.497 e. The molecule has 0 radical (unpaired) electrons. The fourth-order valence-corrected chi connectivity index (χ4v) is 2.48. The molecule has 0 aliphatic carbocycles. The van der Waals surface area contributed by atoms with E-state index in [1.54, 1.807) is 44.6 Å². The Morgan fingerprint density at radius 2 is 1.69 bits per heavy atom. The maximum Gasteiger partial charge on any atom is 0.185 e. The molecule has 4 heteroatoms. The lowest BCUT2D eigenvalue weighted by molar-refractivity contribution is 0.104. The van der Waals surface area contributed by atoms with Gasteiger partial charge >= 0.3 is 0 Å². The van der Waals surface area contributed by atoms with E-state index in [4.69, 9.17) is 14.2 Å². The first-order valence-corrected chi connectivity index (χ1v) is 8.85. The number of rotatable bonds is 10. The summed E-state index contributed by atoms with van der Waals surface area (Å²) in [7, 11) is 3.19. The van der Waals surface area contributed by atoms with Gasteiger partial charge in [-0.25, -0.2) is 0 Å². The molecule has 0 saturated heterocycles. The molecular weight excluding hydrogens is 328 g/mol. The summed E-state index contributed by atoms with van der Waals surface area (Å²) in [5.74, 6) is 2.09. The lowest BCUT2D eigenvalue weighted by Crippen LogP contribution is -1.98. The molecule has 0 aromatic heterocycles. The van der Waals surface area contributed by atoms with Crippen LogP contribution in [0, 0.1) is 0 Å². The molecule has 0 N–H and O–H groups in total. The third-order valence-electron chi connectivity index (χ3n) is 4.01. The number of ether oxygens (including phenoxy) is 3. The van der Waals surface area contributed by atoms with E-state index in [1.165, 1.54) is 6.42 Å². The molecule has 26 heavy (non-hydrogen) atoms. The van der Waals surface area contributed by atoms with E-state index in [-0.39, 0.29) is 5.78 Å². The van der Waals surface area contributed by atoms with Gasteiger partial charge in [0.05, 0.1) is 20.8 Å². The molecular formula is C22H26O4. The topological polar surface area (TPSA) is 44.8 Å². The largest absolute Gasteiger partial charge is 0.497 e. The number of hydrogen-bond acceptors (Lipinski definition) is 4. The van der Waals surface area contributed by atoms with Crippen LogP contribution in [0.15, 0.2) is 48.5 Å². The average Bonchev–Trinajstić information content (AvgIpc) is 2.69. The van der Waals surface area contributed by atoms with E-state index in [2.05, 4.69) is 6.92 Å². The van der Waals surface area contributed by atoms with Gasteiger partial charge in [-0.2, -0.15) is 0 Å². The molecule has 2 aromatic rings. The Kier molecular flexibility index (Phi) is 7.75. The molecule has 138 valence electrons. The maximum absolute atomic E-state index is 12.4. The van der Waals surface area contributed by atoms with Crippen molar-refractivity contribution in [1.82, 2.24) is 0 Å². The smallest absolute Gasteiger partial charge is 0.185 e. The first kappa shape index (κ1) is 19.6. The van der Waals surface area contributed by atoms with E-state index in [0.29, 0.717) is 23.7 Å². The van der Waals surface area contributed by atoms with Gasteiger partial charge < -0.3 is 14.2 Å². The van der Waals surface area contributed by atoms with Gasteiger partial charge in [0.1, 0.15) is 17.2 Å². The molecule has 0 heterocycles. The Bertz CT molecular complexity index is 732. The first-order chi connectivity index (χ1) is 12.7. The molecule has 0 atom stereocenters. The van der Waals surface area contributed by atoms with Crippen LogP contribution in [0.2, 0.25) is 0 Å². The zero-order valence-corrected chi connectivity index (χ0v) is 15.7. The quantitative estimate of drug-likeness (QED) is 0.335. The number of allylic oxidation sites excluding steroid dienone is 1. The van der Waals surface area contributed by atoms with Crippen LogP contribution in [0.3, 0.4) is 0 Å². The van der Waals surface area contributed by atoms with E-state index in [9.17, 15) is 4.79 Å². The van der Waals surface area contributed by atoms with Crippen LogP contribution in [-0.2, 0) is 0 Å². The first-order valence-electron chi connectivity index (χ1n) is 8.85. The van der Waals surface area contributed by atoms with Gasteiger partial charge in [0.25, 0.3) is 0 Å². The fraction of sp³-hybridized carbons (Fsp3) is 0.318. The van der Waals surface area contributed by atoms with Crippen molar-refractivity contribution < 1.29 is 19.0 Å². The van der Waals surface area contributed by atoms with Gasteiger partial charge in [-0.1, -0.05) is 19.8 Å². The van der Waals surface area contributed by atoms with Crippen LogP contribution < -0.4 is 14.2 Å². The molecule has 4 nitrogen and oxygen atoms in total. The van der Waals surface area contributed by atoms with E-state index >= 15 is 0 Å². The monoisotopic (exact) mass is 354 g/mol. The van der Waals surface area contributed by atoms with Crippen molar-refractivity contribution >= 4 is 11.9 Å². The average molecular weight is 354 g/mol. The highest BCUT2D eigenvalue weighted by Crippen LogP contribution is 2.25. The van der Waals surface area contributed by atoms with Crippen LogP contribution >= 0.6 is 0 Å². The number of methoxy groups -OCH3 is 2. The molecule has 0 amide bonds. The van der Waals surface area contributed by atoms with Gasteiger partial charge in [0, 0.05) is 17.2 Å². The summed E-state index contributed by atoms with van der Waals surface area (Å²) in [6.07, 6.45) is 6.67. The van der Waals surface area contributed by atoms with Gasteiger partial charge in [-0.15, -0.1) is 0 Å². The van der Waals surface area contributed by atoms with Crippen molar-refractivity contribution in [2.75, 3.05) is 20.8 Å². The van der Waals surface area contributed by atoms with Crippen LogP contribution in [0.1, 0.15) is 42.1 Å². The van der Waals surface area contributed by atoms with Gasteiger partial charge in [0.15, 0.2) is 5.78 Å². The standard InChI is InChI=1S/C22H26O4/c1-4-5-6-15-26-19-11-7-17(8-12-19)21(23)14-10-18-9-13-20(24-2)16-22(18)25-3/h7-14,16H,4-6,15H2,1-3H3/b14-10+. The highest BCUT2D eigenvalue weighted by atomic mass is 16.5. The van der Waals surface area contributed by atoms with Crippen molar-refractivity contribution in [3.8, 4) is 17.2 Å². The molecule has 0 aliphatic rings. The molecule has 2 aromatic carbocycles. The second-order valence-electron chi connectivity index (χ2n) is 5.89. The van der Waals surface area contributed by atoms with Gasteiger partial charge in [-0.05, 0) is 55.0 Å². The van der Waals surface area contributed by atoms with Crippen LogP contribution in [0.5, 0.6) is 17.2 Å². The molecule has 0 unspecified atom stereocenters. The number of benzene rings is 2. The Hall–Kier alpha value is -2.75. The summed E-state index contributed by atoms with van der Waals surface area (Å²) in [6.45, 7) is 2.87. The molecule has 0 saturated carbocycles. The summed E-state index contributed by atoms with van der Waals surface area (Å²) in [4.78, 5) is 12.4. The van der Waals surface area contributed by atoms with E-state index in [0.717, 1.165) is 24.2 Å². The Balaban J connectivity index is 2.00. The zero-order valence-electron chi connectivity index (χ0n) is 15.7. The normalized spacial score (nSPS) is 10.7. The Morgan fingerprint density at radius 1 is 0.962 bits per heavy atom. The maximum atomic E-state index is 12.4. The van der Waals surface area contributed by atoms with Gasteiger partial charge in [-0.3, -0.25) is 4.79 Å². The second kappa shape index (κ2) is 10.3. The highest BCUT2D eigenvalue weighted by Gasteiger charge is 2.05. The van der Waals surface area contributed by atoms with Crippen molar-refractivity contribution in [3.05, 3.63) is 59.7 Å². The van der Waals surface area contributed by atoms with Crippen molar-refractivity contribution in [3.63, 3.8) is 0 Å². The molecule has 0 aliphatic heterocycles. The minimum absolute atomic E-state index is 0.0691. The predicted molar refractivity (Wildman–Crippen MR) is 104 cm³/mol. The van der Waals surface area contributed by atoms with Crippen molar-refractivity contribution in [2.45, 2.75) is 26.2 Å². The molecule has 0 fully saturated rings. The number of hydrogen-bond donors (Lipinski definition) is 0. The summed E-state index contributed by atoms with van der Waals surface area (Å²) in [5.41, 5.74) is 1.44. The van der Waals surface area contributed by atoms with Crippen LogP contribution in [-0.4, -0.2) is 26.6 Å². The lowest BCUT2D eigenvalue weighted by Gasteiger charge is -2.07. The summed E-state index contributed by atoms with van der Waals surface area (Å²) in [6, 6.07) is 12.7. The third-order valence-corrected chi connectivity index (χ3v) is 4.01. The summed E-state index contributed by atoms with van der Waals surface area (Å²) in [5, 5.41) is 0. The van der Waals surface area contributed by atoms with E-state index in [1.807, 2.05) is 24.3 Å². The fourth-order valence-electron chi connectivity index (χ4n) is 2.48. The summed E-state index contributed by atoms with van der Waals surface area (Å²) < 4.78 is 16.2. The number of carbonyl (C=O) groups excluding carboxylic acids is 1. The zero-order chi connectivity index (χ0) is 18.8. The van der Waals surface area contributed by atoms with Gasteiger partial charge in [0.2, 0.25) is 0 Å². The number of unbranched alkanes of at least 4 members (excludes halogenated alkanes) is 2. The van der Waals surface area contributed by atoms with Crippen LogP contribution in [0.25, 0.3) is 6.08 Å². The lowest BCUT2D eigenvalue weighted by atomic mass is 10.1. The van der Waals surface area contributed by atoms with Crippen molar-refractivity contribution in [2.24, 2.45) is 0 Å². The molecule has 0 spiro atoms. The summed E-state index contributed by atoms with van der Waals surface area (Å²) >= 11 is 0. The van der Waals surface area contributed by atoms with Crippen molar-refractivity contribution in [1.29, 1.82) is 0 Å². The predicted octanol–water partition coefficient (Wildman–Crippen LogP) is 5.17. The molecule has 0 bridgehead atoms. The SMILES string of the molecule is CCCCCOc1ccc(C(=O)/C=C/c2ccc(OC)cc2OC)cc1. The minimum atomic E-state index is -0.0691. The highest BCUT2D eigenvalue weighted by molar-refractivity contribution is 6.07. The second-order valence-corrected chi connectivity index (χ2v) is 5.89. The Labute approximate surface area is 155 Å². The molecule has 2 rings (SSSR count). The third kappa shape index (κ3) is 5.66. The number of ketones is 1. The van der Waals surface area contributed by atoms with E-state index < -0.39 is 0 Å².